The summed E-state index contributed by atoms with van der Waals surface area (Å²) in [7, 11) is -3.79. The Kier molecular flexibility index (Phi) is 7.97. The number of aliphatic hydroxyl groups is 1. The lowest BCUT2D eigenvalue weighted by Gasteiger charge is -2.44. The quantitative estimate of drug-likeness (QED) is 0.303. The molecule has 2 atom stereocenters. The molecule has 2 heterocycles. The highest BCUT2D eigenvalue weighted by Crippen LogP contribution is 2.51. The van der Waals surface area contributed by atoms with E-state index in [1.165, 1.54) is 23.6 Å². The number of anilines is 2. The molecule has 2 aromatic heterocycles. The summed E-state index contributed by atoms with van der Waals surface area (Å²) in [5.41, 5.74) is -2.00. The van der Waals surface area contributed by atoms with Crippen LogP contribution in [0, 0.1) is 11.3 Å². The van der Waals surface area contributed by atoms with Crippen molar-refractivity contribution in [2.45, 2.75) is 51.5 Å². The second-order valence-corrected chi connectivity index (χ2v) is 13.1. The SMILES string of the molecule is CC1(C)C[C@@](O)(c2ncc(-c3cc(COS(C)(=O)=O)cc(Nc4nccc(C(F)(F)F)n4)c3)s2)CC[C@@H]1C(=O)O. The van der Waals surface area contributed by atoms with Crippen LogP contribution >= 0.6 is 11.3 Å². The summed E-state index contributed by atoms with van der Waals surface area (Å²) in [6.45, 7) is 3.25. The number of carbonyl (C=O) groups is 1. The van der Waals surface area contributed by atoms with E-state index in [1.54, 1.807) is 26.0 Å². The average Bonchev–Trinajstić information content (AvgIpc) is 3.32. The molecule has 1 saturated carbocycles. The van der Waals surface area contributed by atoms with Gasteiger partial charge in [-0.15, -0.1) is 11.3 Å². The third kappa shape index (κ3) is 6.95. The predicted molar refractivity (Wildman–Crippen MR) is 140 cm³/mol. The zero-order valence-corrected chi connectivity index (χ0v) is 23.3. The van der Waals surface area contributed by atoms with Crippen molar-refractivity contribution < 1.29 is 40.8 Å². The summed E-state index contributed by atoms with van der Waals surface area (Å²) in [6, 6.07) is 5.46. The third-order valence-corrected chi connectivity index (χ3v) is 8.44. The Morgan fingerprint density at radius 1 is 1.25 bits per heavy atom. The van der Waals surface area contributed by atoms with Gasteiger partial charge in [0, 0.05) is 18.1 Å². The minimum Gasteiger partial charge on any atom is -0.481 e. The molecule has 10 nitrogen and oxygen atoms in total. The molecule has 4 rings (SSSR count). The maximum Gasteiger partial charge on any atom is 0.433 e. The number of carboxylic acid groups (broad SMARTS) is 1. The molecule has 0 unspecified atom stereocenters. The first-order chi connectivity index (χ1) is 18.5. The van der Waals surface area contributed by atoms with Crippen LogP contribution in [0.5, 0.6) is 0 Å². The number of halogens is 3. The van der Waals surface area contributed by atoms with Gasteiger partial charge < -0.3 is 15.5 Å². The molecule has 0 bridgehead atoms. The molecular formula is C25H27F3N4O6S2. The Bertz CT molecular complexity index is 1530. The number of aliphatic carboxylic acids is 1. The Hall–Kier alpha value is -3.14. The van der Waals surface area contributed by atoms with Gasteiger partial charge in [-0.05, 0) is 60.1 Å². The van der Waals surface area contributed by atoms with E-state index in [2.05, 4.69) is 20.3 Å². The van der Waals surface area contributed by atoms with Crippen LogP contribution in [0.1, 0.15) is 49.4 Å². The minimum atomic E-state index is -4.67. The number of alkyl halides is 3. The maximum absolute atomic E-state index is 13.1. The van der Waals surface area contributed by atoms with E-state index in [0.29, 0.717) is 21.0 Å². The number of carboxylic acids is 1. The Labute approximate surface area is 232 Å². The van der Waals surface area contributed by atoms with Gasteiger partial charge in [-0.1, -0.05) is 13.8 Å². The first kappa shape index (κ1) is 29.8. The van der Waals surface area contributed by atoms with Gasteiger partial charge in [0.25, 0.3) is 10.1 Å². The van der Waals surface area contributed by atoms with Gasteiger partial charge in [-0.25, -0.2) is 15.0 Å². The van der Waals surface area contributed by atoms with E-state index in [0.717, 1.165) is 18.5 Å². The molecule has 0 aliphatic heterocycles. The molecule has 40 heavy (non-hydrogen) atoms. The maximum atomic E-state index is 13.1. The van der Waals surface area contributed by atoms with E-state index in [4.69, 9.17) is 4.18 Å². The van der Waals surface area contributed by atoms with Gasteiger partial charge in [0.2, 0.25) is 5.95 Å². The fraction of sp³-hybridized carbons (Fsp3) is 0.440. The van der Waals surface area contributed by atoms with Gasteiger partial charge >= 0.3 is 12.1 Å². The number of nitrogens with one attached hydrogen (secondary N) is 1. The Balaban J connectivity index is 1.67. The molecule has 1 aliphatic rings. The number of thiazole rings is 1. The van der Waals surface area contributed by atoms with Gasteiger partial charge in [0.15, 0.2) is 0 Å². The van der Waals surface area contributed by atoms with Crippen LogP contribution in [-0.2, 0) is 37.5 Å². The van der Waals surface area contributed by atoms with Crippen molar-refractivity contribution in [3.63, 3.8) is 0 Å². The Morgan fingerprint density at radius 3 is 2.60 bits per heavy atom. The Morgan fingerprint density at radius 2 is 1.98 bits per heavy atom. The third-order valence-electron chi connectivity index (χ3n) is 6.66. The first-order valence-corrected chi connectivity index (χ1v) is 14.7. The molecule has 0 saturated heterocycles. The summed E-state index contributed by atoms with van der Waals surface area (Å²) in [6.07, 6.45) is -0.622. The van der Waals surface area contributed by atoms with E-state index in [-0.39, 0.29) is 37.5 Å². The van der Waals surface area contributed by atoms with Gasteiger partial charge in [-0.3, -0.25) is 8.98 Å². The predicted octanol–water partition coefficient (Wildman–Crippen LogP) is 4.94. The lowest BCUT2D eigenvalue weighted by Crippen LogP contribution is -2.44. The van der Waals surface area contributed by atoms with Crippen LogP contribution in [0.15, 0.2) is 36.7 Å². The molecule has 3 N–H and O–H groups in total. The average molecular weight is 601 g/mol. The van der Waals surface area contributed by atoms with E-state index in [9.17, 15) is 36.6 Å². The molecule has 1 fully saturated rings. The van der Waals surface area contributed by atoms with Crippen molar-refractivity contribution in [3.8, 4) is 10.4 Å². The van der Waals surface area contributed by atoms with Gasteiger partial charge in [0.05, 0.1) is 23.7 Å². The zero-order chi connectivity index (χ0) is 29.5. The first-order valence-electron chi connectivity index (χ1n) is 12.0. The van der Waals surface area contributed by atoms with Crippen molar-refractivity contribution in [3.05, 3.63) is 52.9 Å². The summed E-state index contributed by atoms with van der Waals surface area (Å²) >= 11 is 1.18. The van der Waals surface area contributed by atoms with Gasteiger partial charge in [0.1, 0.15) is 16.3 Å². The molecular weight excluding hydrogens is 573 g/mol. The van der Waals surface area contributed by atoms with E-state index >= 15 is 0 Å². The van der Waals surface area contributed by atoms with Crippen molar-refractivity contribution in [2.75, 3.05) is 11.6 Å². The molecule has 1 aliphatic carbocycles. The highest BCUT2D eigenvalue weighted by molar-refractivity contribution is 7.85. The number of aromatic nitrogens is 3. The zero-order valence-electron chi connectivity index (χ0n) is 21.7. The van der Waals surface area contributed by atoms with Crippen molar-refractivity contribution in [2.24, 2.45) is 11.3 Å². The smallest absolute Gasteiger partial charge is 0.433 e. The van der Waals surface area contributed by atoms with Crippen LogP contribution in [0.3, 0.4) is 0 Å². The summed E-state index contributed by atoms with van der Waals surface area (Å²) in [5.74, 6) is -1.84. The highest BCUT2D eigenvalue weighted by Gasteiger charge is 2.49. The largest absolute Gasteiger partial charge is 0.481 e. The van der Waals surface area contributed by atoms with Crippen LogP contribution in [0.2, 0.25) is 0 Å². The summed E-state index contributed by atoms with van der Waals surface area (Å²) in [4.78, 5) is 24.0. The van der Waals surface area contributed by atoms with E-state index < -0.39 is 44.9 Å². The lowest BCUT2D eigenvalue weighted by atomic mass is 9.63. The van der Waals surface area contributed by atoms with Crippen LogP contribution in [0.4, 0.5) is 24.8 Å². The normalized spacial score (nSPS) is 21.2. The molecule has 1 aromatic carbocycles. The highest BCUT2D eigenvalue weighted by atomic mass is 32.2. The fourth-order valence-corrected chi connectivity index (χ4v) is 6.24. The molecule has 216 valence electrons. The molecule has 0 spiro atoms. The monoisotopic (exact) mass is 600 g/mol. The van der Waals surface area contributed by atoms with Crippen molar-refractivity contribution >= 4 is 39.1 Å². The molecule has 3 aromatic rings. The van der Waals surface area contributed by atoms with Gasteiger partial charge in [-0.2, -0.15) is 21.6 Å². The summed E-state index contributed by atoms with van der Waals surface area (Å²) < 4.78 is 67.4. The fourth-order valence-electron chi connectivity index (χ4n) is 4.87. The number of hydrogen-bond acceptors (Lipinski definition) is 10. The second kappa shape index (κ2) is 10.7. The lowest BCUT2D eigenvalue weighted by molar-refractivity contribution is -0.154. The summed E-state index contributed by atoms with van der Waals surface area (Å²) in [5, 5.41) is 24.1. The number of hydrogen-bond donors (Lipinski definition) is 3. The number of benzene rings is 1. The second-order valence-electron chi connectivity index (χ2n) is 10.4. The topological polar surface area (TPSA) is 152 Å². The van der Waals surface area contributed by atoms with Crippen molar-refractivity contribution in [1.82, 2.24) is 15.0 Å². The number of rotatable bonds is 8. The standard InChI is InChI=1S/C25H27F3N4O6S2/c1-23(2)13-24(35,6-4-17(23)20(33)34)21-30-11-18(39-21)15-8-14(12-38-40(3,36)37)9-16(10-15)31-22-29-7-5-19(32-22)25(26,27)28/h5,7-11,17,35H,4,6,12-13H2,1-3H3,(H,33,34)(H,29,31,32)/t17-,24-/m1/s1. The molecule has 0 amide bonds. The minimum absolute atomic E-state index is 0.186. The van der Waals surface area contributed by atoms with E-state index in [1.807, 2.05) is 0 Å². The molecule has 0 radical (unpaired) electrons. The van der Waals surface area contributed by atoms with Crippen LogP contribution < -0.4 is 5.32 Å². The van der Waals surface area contributed by atoms with Crippen LogP contribution in [0.25, 0.3) is 10.4 Å². The number of nitrogens with zero attached hydrogens (tertiary/aromatic N) is 3. The molecule has 15 heteroatoms. The van der Waals surface area contributed by atoms with Crippen LogP contribution in [-0.4, -0.2) is 45.8 Å². The van der Waals surface area contributed by atoms with Crippen molar-refractivity contribution in [1.29, 1.82) is 0 Å².